The number of nitrogens with one attached hydrogen (secondary N) is 1. The predicted molar refractivity (Wildman–Crippen MR) is 235 cm³/mol. The second-order valence-electron chi connectivity index (χ2n) is 15.1. The molecule has 0 radical (unpaired) electrons. The van der Waals surface area contributed by atoms with Gasteiger partial charge in [0.05, 0.1) is 25.4 Å². The van der Waals surface area contributed by atoms with E-state index in [1.807, 2.05) is 6.08 Å². The molecule has 0 aromatic rings. The molecule has 1 fully saturated rings. The van der Waals surface area contributed by atoms with Gasteiger partial charge >= 0.3 is 0 Å². The Balaban J connectivity index is 2.22. The number of aliphatic hydroxyl groups is 5. The van der Waals surface area contributed by atoms with E-state index < -0.39 is 49.5 Å². The van der Waals surface area contributed by atoms with Crippen LogP contribution in [0.25, 0.3) is 0 Å². The van der Waals surface area contributed by atoms with Crippen molar-refractivity contribution in [2.45, 2.75) is 198 Å². The van der Waals surface area contributed by atoms with Gasteiger partial charge in [-0.15, -0.1) is 0 Å². The summed E-state index contributed by atoms with van der Waals surface area (Å²) in [4.78, 5) is 12.9. The molecule has 7 atom stereocenters. The lowest BCUT2D eigenvalue weighted by Crippen LogP contribution is -2.60. The van der Waals surface area contributed by atoms with Gasteiger partial charge in [-0.05, 0) is 70.6 Å². The molecule has 1 aliphatic rings. The van der Waals surface area contributed by atoms with E-state index in [2.05, 4.69) is 92.1 Å². The Bertz CT molecular complexity index is 1160. The second-order valence-corrected chi connectivity index (χ2v) is 15.1. The van der Waals surface area contributed by atoms with Crippen LogP contribution in [0.5, 0.6) is 0 Å². The van der Waals surface area contributed by atoms with Gasteiger partial charge in [-0.3, -0.25) is 4.79 Å². The number of carbonyl (C=O) groups excluding carboxylic acids is 1. The number of hydrogen-bond donors (Lipinski definition) is 6. The van der Waals surface area contributed by atoms with Gasteiger partial charge in [-0.25, -0.2) is 0 Å². The fourth-order valence-corrected chi connectivity index (χ4v) is 6.39. The van der Waals surface area contributed by atoms with Crippen LogP contribution in [0.1, 0.15) is 155 Å². The predicted octanol–water partition coefficient (Wildman–Crippen LogP) is 9.16. The fraction of sp³-hybridized carbons (Fsp3) is 0.688. The lowest BCUT2D eigenvalue weighted by molar-refractivity contribution is -0.302. The molecular formula is C48H81NO8. The van der Waals surface area contributed by atoms with Gasteiger partial charge in [-0.1, -0.05) is 163 Å². The zero-order chi connectivity index (χ0) is 41.6. The van der Waals surface area contributed by atoms with Crippen molar-refractivity contribution < 1.29 is 39.8 Å². The maximum Gasteiger partial charge on any atom is 0.220 e. The normalized spacial score (nSPS) is 21.8. The van der Waals surface area contributed by atoms with Gasteiger partial charge in [0, 0.05) is 6.42 Å². The summed E-state index contributed by atoms with van der Waals surface area (Å²) in [5, 5.41) is 53.8. The summed E-state index contributed by atoms with van der Waals surface area (Å²) >= 11 is 0. The summed E-state index contributed by atoms with van der Waals surface area (Å²) in [7, 11) is 0. The van der Waals surface area contributed by atoms with Crippen LogP contribution >= 0.6 is 0 Å². The Morgan fingerprint density at radius 3 is 1.61 bits per heavy atom. The number of hydrogen-bond acceptors (Lipinski definition) is 8. The number of unbranched alkanes of at least 4 members (excludes halogenated alkanes) is 13. The molecule has 1 heterocycles. The highest BCUT2D eigenvalue weighted by atomic mass is 16.7. The molecule has 0 aromatic carbocycles. The van der Waals surface area contributed by atoms with Crippen molar-refractivity contribution in [2.24, 2.45) is 0 Å². The molecule has 1 amide bonds. The van der Waals surface area contributed by atoms with Crippen molar-refractivity contribution in [3.8, 4) is 0 Å². The Kier molecular flexibility index (Phi) is 34.6. The highest BCUT2D eigenvalue weighted by molar-refractivity contribution is 5.76. The van der Waals surface area contributed by atoms with Crippen molar-refractivity contribution in [1.82, 2.24) is 5.32 Å². The highest BCUT2D eigenvalue weighted by Gasteiger charge is 2.44. The number of amides is 1. The Morgan fingerprint density at radius 2 is 1.09 bits per heavy atom. The van der Waals surface area contributed by atoms with E-state index in [9.17, 15) is 30.3 Å². The topological polar surface area (TPSA) is 149 Å². The first-order valence-electron chi connectivity index (χ1n) is 22.3. The number of carbonyl (C=O) groups is 1. The van der Waals surface area contributed by atoms with Gasteiger partial charge < -0.3 is 40.3 Å². The molecular weight excluding hydrogens is 719 g/mol. The monoisotopic (exact) mass is 800 g/mol. The number of allylic oxidation sites excluding steroid dienone is 13. The Labute approximate surface area is 346 Å². The van der Waals surface area contributed by atoms with Crippen LogP contribution in [0.2, 0.25) is 0 Å². The molecule has 0 saturated carbocycles. The van der Waals surface area contributed by atoms with Crippen LogP contribution in [0.3, 0.4) is 0 Å². The van der Waals surface area contributed by atoms with Crippen LogP contribution in [-0.2, 0) is 14.3 Å². The molecule has 0 aromatic heterocycles. The number of aliphatic hydroxyl groups excluding tert-OH is 5. The number of ether oxygens (including phenoxy) is 2. The minimum absolute atomic E-state index is 0.196. The molecule has 0 bridgehead atoms. The van der Waals surface area contributed by atoms with Crippen molar-refractivity contribution >= 4 is 5.91 Å². The number of rotatable bonds is 35. The van der Waals surface area contributed by atoms with Crippen LogP contribution in [-0.4, -0.2) is 87.5 Å². The molecule has 9 nitrogen and oxygen atoms in total. The van der Waals surface area contributed by atoms with E-state index in [1.165, 1.54) is 44.9 Å². The summed E-state index contributed by atoms with van der Waals surface area (Å²) in [6, 6.07) is -0.811. The fourth-order valence-electron chi connectivity index (χ4n) is 6.39. The molecule has 9 heteroatoms. The van der Waals surface area contributed by atoms with Crippen molar-refractivity contribution in [2.75, 3.05) is 13.2 Å². The molecule has 1 aliphatic heterocycles. The quantitative estimate of drug-likeness (QED) is 0.0275. The average molecular weight is 800 g/mol. The first-order chi connectivity index (χ1) is 27.8. The highest BCUT2D eigenvalue weighted by Crippen LogP contribution is 2.22. The Morgan fingerprint density at radius 1 is 0.614 bits per heavy atom. The van der Waals surface area contributed by atoms with Crippen LogP contribution in [0.4, 0.5) is 0 Å². The summed E-state index contributed by atoms with van der Waals surface area (Å²) < 4.78 is 11.1. The molecule has 0 aliphatic carbocycles. The molecule has 57 heavy (non-hydrogen) atoms. The van der Waals surface area contributed by atoms with E-state index in [1.54, 1.807) is 6.08 Å². The first kappa shape index (κ1) is 52.4. The molecule has 0 spiro atoms. The van der Waals surface area contributed by atoms with E-state index in [-0.39, 0.29) is 12.5 Å². The minimum Gasteiger partial charge on any atom is -0.394 e. The van der Waals surface area contributed by atoms with Gasteiger partial charge in [0.15, 0.2) is 6.29 Å². The van der Waals surface area contributed by atoms with E-state index in [4.69, 9.17) is 9.47 Å². The zero-order valence-electron chi connectivity index (χ0n) is 35.6. The van der Waals surface area contributed by atoms with Crippen LogP contribution in [0.15, 0.2) is 85.1 Å². The third-order valence-electron chi connectivity index (χ3n) is 9.98. The minimum atomic E-state index is -1.57. The van der Waals surface area contributed by atoms with E-state index >= 15 is 0 Å². The summed E-state index contributed by atoms with van der Waals surface area (Å²) in [6.07, 6.45) is 45.1. The lowest BCUT2D eigenvalue weighted by atomic mass is 9.99. The molecule has 326 valence electrons. The van der Waals surface area contributed by atoms with Crippen LogP contribution < -0.4 is 5.32 Å². The van der Waals surface area contributed by atoms with Gasteiger partial charge in [-0.2, -0.15) is 0 Å². The zero-order valence-corrected chi connectivity index (χ0v) is 35.6. The third-order valence-corrected chi connectivity index (χ3v) is 9.98. The molecule has 1 rings (SSSR count). The Hall–Kier alpha value is -2.63. The van der Waals surface area contributed by atoms with Crippen molar-refractivity contribution in [1.29, 1.82) is 0 Å². The summed E-state index contributed by atoms with van der Waals surface area (Å²) in [5.41, 5.74) is 0. The maximum atomic E-state index is 12.9. The van der Waals surface area contributed by atoms with Gasteiger partial charge in [0.25, 0.3) is 0 Å². The molecule has 1 saturated heterocycles. The van der Waals surface area contributed by atoms with Crippen molar-refractivity contribution in [3.63, 3.8) is 0 Å². The SMILES string of the molecule is CC/C=C\C/C=C\C/C=C\C/C=C\C/C=C\C/C=C\CCCCCCCCCCC(=O)NC(COC1OC(CO)C(O)C(O)C1O)C(O)/C=C/CCCCCCC. The largest absolute Gasteiger partial charge is 0.394 e. The first-order valence-corrected chi connectivity index (χ1v) is 22.3. The van der Waals surface area contributed by atoms with Gasteiger partial charge in [0.2, 0.25) is 5.91 Å². The van der Waals surface area contributed by atoms with Gasteiger partial charge in [0.1, 0.15) is 24.4 Å². The van der Waals surface area contributed by atoms with Crippen molar-refractivity contribution in [3.05, 3.63) is 85.1 Å². The molecule has 7 unspecified atom stereocenters. The van der Waals surface area contributed by atoms with Crippen LogP contribution in [0, 0.1) is 0 Å². The summed E-state index contributed by atoms with van der Waals surface area (Å²) in [6.45, 7) is 3.56. The molecule has 6 N–H and O–H groups in total. The second kappa shape index (κ2) is 37.6. The smallest absolute Gasteiger partial charge is 0.220 e. The van der Waals surface area contributed by atoms with E-state index in [0.717, 1.165) is 89.9 Å². The lowest BCUT2D eigenvalue weighted by Gasteiger charge is -2.40. The third kappa shape index (κ3) is 28.4. The average Bonchev–Trinajstić information content (AvgIpc) is 3.21. The maximum absolute atomic E-state index is 12.9. The summed E-state index contributed by atoms with van der Waals surface area (Å²) in [5.74, 6) is -0.196. The standard InChI is InChI=1S/C48H81NO8/c1-3-5-7-9-11-12-13-14-15-16-17-18-19-20-21-22-23-24-25-26-27-28-29-30-32-34-36-38-44(52)49-41(42(51)37-35-33-31-10-8-6-4-2)40-56-48-47(55)46(54)45(53)43(39-50)57-48/h5,7,11-12,14-15,17-18,20-21,23-24,35,37,41-43,45-48,50-51,53-55H,3-4,6,8-10,13,16,19,22,25-34,36,38-40H2,1-2H3,(H,49,52)/b7-5-,12-11-,15-14-,18-17-,21-20-,24-23-,37-35+. The van der Waals surface area contributed by atoms with E-state index in [0.29, 0.717) is 6.42 Å².